The molecule has 0 fully saturated rings. The Morgan fingerprint density at radius 3 is 2.21 bits per heavy atom. The van der Waals surface area contributed by atoms with Gasteiger partial charge in [-0.1, -0.05) is 12.1 Å². The number of benzene rings is 2. The van der Waals surface area contributed by atoms with Crippen molar-refractivity contribution < 1.29 is 22.6 Å². The van der Waals surface area contributed by atoms with Gasteiger partial charge < -0.3 is 14.2 Å². The molecule has 0 bridgehead atoms. The highest BCUT2D eigenvalue weighted by molar-refractivity contribution is 7.92. The van der Waals surface area contributed by atoms with Crippen molar-refractivity contribution in [3.8, 4) is 28.6 Å². The minimum absolute atomic E-state index is 0.0663. The van der Waals surface area contributed by atoms with E-state index < -0.39 is 10.0 Å². The molecule has 3 rings (SSSR count). The Morgan fingerprint density at radius 2 is 1.62 bits per heavy atom. The van der Waals surface area contributed by atoms with Crippen LogP contribution in [0.5, 0.6) is 17.4 Å². The molecular weight excluding hydrogens is 394 g/mol. The largest absolute Gasteiger partial charge is 0.493 e. The topological polar surface area (TPSA) is 99.6 Å². The summed E-state index contributed by atoms with van der Waals surface area (Å²) in [6, 6.07) is 14.8. The lowest BCUT2D eigenvalue weighted by Gasteiger charge is -2.12. The first-order valence-corrected chi connectivity index (χ1v) is 10.3. The van der Waals surface area contributed by atoms with Crippen LogP contribution < -0.4 is 18.9 Å². The van der Waals surface area contributed by atoms with E-state index in [9.17, 15) is 8.42 Å². The molecule has 3 aromatic rings. The van der Waals surface area contributed by atoms with Crippen LogP contribution in [-0.2, 0) is 10.0 Å². The van der Waals surface area contributed by atoms with Gasteiger partial charge in [-0.05, 0) is 37.3 Å². The molecule has 0 aliphatic carbocycles. The lowest BCUT2D eigenvalue weighted by atomic mass is 10.1. The molecule has 0 unspecified atom stereocenters. The number of rotatable bonds is 8. The van der Waals surface area contributed by atoms with Gasteiger partial charge in [-0.15, -0.1) is 10.2 Å². The van der Waals surface area contributed by atoms with Crippen molar-refractivity contribution in [3.05, 3.63) is 54.6 Å². The number of ether oxygens (including phenoxy) is 3. The van der Waals surface area contributed by atoms with Gasteiger partial charge >= 0.3 is 0 Å². The second-order valence-corrected chi connectivity index (χ2v) is 7.57. The first-order valence-electron chi connectivity index (χ1n) is 8.78. The maximum atomic E-state index is 12.7. The highest BCUT2D eigenvalue weighted by Crippen LogP contribution is 2.30. The van der Waals surface area contributed by atoms with E-state index in [4.69, 9.17) is 14.2 Å². The summed E-state index contributed by atoms with van der Waals surface area (Å²) in [5.74, 6) is 1.24. The summed E-state index contributed by atoms with van der Waals surface area (Å²) >= 11 is 0. The third-order valence-electron chi connectivity index (χ3n) is 4.03. The van der Waals surface area contributed by atoms with E-state index in [2.05, 4.69) is 14.9 Å². The highest BCUT2D eigenvalue weighted by Gasteiger charge is 2.17. The van der Waals surface area contributed by atoms with Crippen molar-refractivity contribution in [2.45, 2.75) is 11.8 Å². The van der Waals surface area contributed by atoms with Gasteiger partial charge in [-0.25, -0.2) is 8.42 Å². The van der Waals surface area contributed by atoms with Crippen molar-refractivity contribution in [1.82, 2.24) is 10.2 Å². The lowest BCUT2D eigenvalue weighted by Crippen LogP contribution is -2.13. The number of aromatic nitrogens is 2. The number of anilines is 1. The molecule has 0 aliphatic rings. The SMILES string of the molecule is CCOc1ccc(-c2ccc(NS(=O)(=O)c3ccc(OC)c(OC)c3)cc2)nn1. The van der Waals surface area contributed by atoms with Crippen molar-refractivity contribution >= 4 is 15.7 Å². The van der Waals surface area contributed by atoms with Crippen LogP contribution in [0.1, 0.15) is 6.92 Å². The van der Waals surface area contributed by atoms with Crippen molar-refractivity contribution in [1.29, 1.82) is 0 Å². The summed E-state index contributed by atoms with van der Waals surface area (Å²) in [5.41, 5.74) is 1.87. The van der Waals surface area contributed by atoms with E-state index in [-0.39, 0.29) is 4.90 Å². The lowest BCUT2D eigenvalue weighted by molar-refractivity contribution is 0.323. The predicted molar refractivity (Wildman–Crippen MR) is 109 cm³/mol. The third-order valence-corrected chi connectivity index (χ3v) is 5.41. The Kier molecular flexibility index (Phi) is 6.18. The van der Waals surface area contributed by atoms with Crippen LogP contribution in [-0.4, -0.2) is 39.4 Å². The molecule has 152 valence electrons. The van der Waals surface area contributed by atoms with E-state index >= 15 is 0 Å². The first kappa shape index (κ1) is 20.4. The van der Waals surface area contributed by atoms with Crippen LogP contribution in [0.4, 0.5) is 5.69 Å². The predicted octanol–water partition coefficient (Wildman–Crippen LogP) is 3.36. The summed E-state index contributed by atoms with van der Waals surface area (Å²) < 4.78 is 43.5. The molecule has 0 atom stereocenters. The number of nitrogens with one attached hydrogen (secondary N) is 1. The number of sulfonamides is 1. The van der Waals surface area contributed by atoms with Gasteiger partial charge in [0.2, 0.25) is 5.88 Å². The number of nitrogens with zero attached hydrogens (tertiary/aromatic N) is 2. The normalized spacial score (nSPS) is 11.0. The average Bonchev–Trinajstić information content (AvgIpc) is 2.74. The molecule has 9 heteroatoms. The van der Waals surface area contributed by atoms with Crippen LogP contribution >= 0.6 is 0 Å². The van der Waals surface area contributed by atoms with E-state index in [0.717, 1.165) is 5.56 Å². The monoisotopic (exact) mass is 415 g/mol. The van der Waals surface area contributed by atoms with Gasteiger partial charge in [0.15, 0.2) is 11.5 Å². The fraction of sp³-hybridized carbons (Fsp3) is 0.200. The molecule has 1 heterocycles. The standard InChI is InChI=1S/C20H21N3O5S/c1-4-28-20-12-10-17(21-22-20)14-5-7-15(8-6-14)23-29(24,25)16-9-11-18(26-2)19(13-16)27-3/h5-13,23H,4H2,1-3H3. The van der Waals surface area contributed by atoms with Gasteiger partial charge in [-0.3, -0.25) is 4.72 Å². The Bertz CT molecular complexity index is 1070. The Hall–Kier alpha value is -3.33. The van der Waals surface area contributed by atoms with E-state index in [1.165, 1.54) is 26.4 Å². The summed E-state index contributed by atoms with van der Waals surface area (Å²) in [6.07, 6.45) is 0. The first-order chi connectivity index (χ1) is 14.0. The zero-order chi connectivity index (χ0) is 20.9. The molecule has 0 spiro atoms. The fourth-order valence-electron chi connectivity index (χ4n) is 2.61. The average molecular weight is 415 g/mol. The molecule has 29 heavy (non-hydrogen) atoms. The number of hydrogen-bond donors (Lipinski definition) is 1. The van der Waals surface area contributed by atoms with E-state index in [0.29, 0.717) is 35.4 Å². The maximum absolute atomic E-state index is 12.7. The molecule has 0 amide bonds. The van der Waals surface area contributed by atoms with E-state index in [1.807, 2.05) is 6.92 Å². The number of methoxy groups -OCH3 is 2. The molecule has 0 radical (unpaired) electrons. The number of hydrogen-bond acceptors (Lipinski definition) is 7. The fourth-order valence-corrected chi connectivity index (χ4v) is 3.68. The smallest absolute Gasteiger partial charge is 0.262 e. The molecule has 2 aromatic carbocycles. The molecule has 0 aliphatic heterocycles. The highest BCUT2D eigenvalue weighted by atomic mass is 32.2. The van der Waals surface area contributed by atoms with Crippen LogP contribution in [0.3, 0.4) is 0 Å². The Balaban J connectivity index is 1.78. The van der Waals surface area contributed by atoms with Crippen molar-refractivity contribution in [2.24, 2.45) is 0 Å². The van der Waals surface area contributed by atoms with Gasteiger partial charge in [0, 0.05) is 23.4 Å². The quantitative estimate of drug-likeness (QED) is 0.602. The molecule has 0 saturated heterocycles. The molecule has 8 nitrogen and oxygen atoms in total. The van der Waals surface area contributed by atoms with Crippen LogP contribution in [0, 0.1) is 0 Å². The van der Waals surface area contributed by atoms with Crippen molar-refractivity contribution in [3.63, 3.8) is 0 Å². The van der Waals surface area contributed by atoms with Crippen LogP contribution in [0.15, 0.2) is 59.5 Å². The molecule has 1 aromatic heterocycles. The van der Waals surface area contributed by atoms with E-state index in [1.54, 1.807) is 42.5 Å². The molecule has 1 N–H and O–H groups in total. The summed E-state index contributed by atoms with van der Waals surface area (Å²) in [7, 11) is -0.855. The van der Waals surface area contributed by atoms with Crippen LogP contribution in [0.2, 0.25) is 0 Å². The zero-order valence-electron chi connectivity index (χ0n) is 16.2. The zero-order valence-corrected chi connectivity index (χ0v) is 17.1. The van der Waals surface area contributed by atoms with Gasteiger partial charge in [0.05, 0.1) is 31.4 Å². The minimum Gasteiger partial charge on any atom is -0.493 e. The second kappa shape index (κ2) is 8.78. The maximum Gasteiger partial charge on any atom is 0.262 e. The minimum atomic E-state index is -3.79. The summed E-state index contributed by atoms with van der Waals surface area (Å²) in [4.78, 5) is 0.0663. The Morgan fingerprint density at radius 1 is 0.897 bits per heavy atom. The summed E-state index contributed by atoms with van der Waals surface area (Å²) in [6.45, 7) is 2.39. The van der Waals surface area contributed by atoms with Gasteiger partial charge in [-0.2, -0.15) is 0 Å². The molecular formula is C20H21N3O5S. The van der Waals surface area contributed by atoms with Crippen molar-refractivity contribution in [2.75, 3.05) is 25.5 Å². The third kappa shape index (κ3) is 4.75. The second-order valence-electron chi connectivity index (χ2n) is 5.89. The van der Waals surface area contributed by atoms with Crippen LogP contribution in [0.25, 0.3) is 11.3 Å². The van der Waals surface area contributed by atoms with Gasteiger partial charge in [0.25, 0.3) is 10.0 Å². The summed E-state index contributed by atoms with van der Waals surface area (Å²) in [5, 5.41) is 8.11. The Labute approximate surface area is 169 Å². The van der Waals surface area contributed by atoms with Gasteiger partial charge in [0.1, 0.15) is 0 Å². The molecule has 0 saturated carbocycles.